The van der Waals surface area contributed by atoms with E-state index in [1.54, 1.807) is 20.8 Å². The minimum absolute atomic E-state index is 0.0511. The lowest BCUT2D eigenvalue weighted by atomic mass is 9.76. The fraction of sp³-hybridized carbons (Fsp3) is 0.550. The van der Waals surface area contributed by atoms with Gasteiger partial charge in [0.25, 0.3) is 0 Å². The maximum absolute atomic E-state index is 14.3. The number of nitrogens with one attached hydrogen (secondary N) is 1. The van der Waals surface area contributed by atoms with Crippen molar-refractivity contribution in [3.8, 4) is 0 Å². The number of nitrogens with two attached hydrogens (primary N) is 1. The van der Waals surface area contributed by atoms with Crippen LogP contribution in [0.15, 0.2) is 17.6 Å². The predicted octanol–water partition coefficient (Wildman–Crippen LogP) is 4.09. The average molecular weight is 410 g/mol. The summed E-state index contributed by atoms with van der Waals surface area (Å²) in [5.74, 6) is -2.12. The summed E-state index contributed by atoms with van der Waals surface area (Å²) in [6.07, 6.45) is 0.681. The predicted molar refractivity (Wildman–Crippen MR) is 109 cm³/mol. The summed E-state index contributed by atoms with van der Waals surface area (Å²) in [4.78, 5) is 12.1. The topological polar surface area (TPSA) is 82.8 Å². The molecule has 6 nitrogen and oxygen atoms in total. The third-order valence-corrected chi connectivity index (χ3v) is 4.89. The van der Waals surface area contributed by atoms with Gasteiger partial charge in [0.2, 0.25) is 0 Å². The zero-order valence-corrected chi connectivity index (χ0v) is 18.0. The molecule has 1 aromatic carbocycles. The minimum Gasteiger partial charge on any atom is -0.444 e. The number of rotatable bonds is 4. The summed E-state index contributed by atoms with van der Waals surface area (Å²) < 4.78 is 45.3. The first-order valence-electron chi connectivity index (χ1n) is 9.39. The monoisotopic (exact) mass is 410 g/mol. The first kappa shape index (κ1) is 23.2. The van der Waals surface area contributed by atoms with Crippen LogP contribution in [-0.2, 0) is 14.0 Å². The van der Waals surface area contributed by atoms with Gasteiger partial charge in [-0.15, -0.1) is 0 Å². The van der Waals surface area contributed by atoms with E-state index >= 15 is 0 Å². The first-order valence-corrected chi connectivity index (χ1v) is 9.39. The van der Waals surface area contributed by atoms with E-state index < -0.39 is 41.6 Å². The van der Waals surface area contributed by atoms with Crippen LogP contribution >= 0.6 is 0 Å². The molecular formula is C20H29BF2N2O4. The molecule has 0 radical (unpaired) electrons. The van der Waals surface area contributed by atoms with E-state index in [9.17, 15) is 13.6 Å². The summed E-state index contributed by atoms with van der Waals surface area (Å²) in [6, 6.07) is 2.23. The van der Waals surface area contributed by atoms with Gasteiger partial charge < -0.3 is 25.1 Å². The second kappa shape index (κ2) is 7.95. The fourth-order valence-corrected chi connectivity index (χ4v) is 2.60. The van der Waals surface area contributed by atoms with Crippen molar-refractivity contribution in [2.75, 3.05) is 12.3 Å². The third kappa shape index (κ3) is 5.48. The second-order valence-corrected chi connectivity index (χ2v) is 9.03. The van der Waals surface area contributed by atoms with Crippen LogP contribution in [0, 0.1) is 11.6 Å². The molecule has 1 aliphatic rings. The van der Waals surface area contributed by atoms with Crippen molar-refractivity contribution in [2.24, 2.45) is 0 Å². The van der Waals surface area contributed by atoms with E-state index in [-0.39, 0.29) is 17.8 Å². The van der Waals surface area contributed by atoms with E-state index in [2.05, 4.69) is 5.32 Å². The van der Waals surface area contributed by atoms with Crippen molar-refractivity contribution in [2.45, 2.75) is 65.3 Å². The van der Waals surface area contributed by atoms with Crippen molar-refractivity contribution >= 4 is 25.0 Å². The van der Waals surface area contributed by atoms with E-state index in [4.69, 9.17) is 19.8 Å². The van der Waals surface area contributed by atoms with Crippen molar-refractivity contribution in [3.05, 3.63) is 34.8 Å². The van der Waals surface area contributed by atoms with Gasteiger partial charge in [-0.05, 0) is 66.1 Å². The Balaban J connectivity index is 2.37. The molecule has 0 bridgehead atoms. The van der Waals surface area contributed by atoms with Gasteiger partial charge >= 0.3 is 13.2 Å². The average Bonchev–Trinajstić information content (AvgIpc) is 2.76. The first-order chi connectivity index (χ1) is 13.1. The highest BCUT2D eigenvalue weighted by Crippen LogP contribution is 2.39. The molecule has 1 saturated heterocycles. The van der Waals surface area contributed by atoms with Gasteiger partial charge in [-0.3, -0.25) is 0 Å². The van der Waals surface area contributed by atoms with E-state index in [0.717, 1.165) is 6.07 Å². The van der Waals surface area contributed by atoms with Crippen LogP contribution in [0.4, 0.5) is 19.3 Å². The molecule has 9 heteroatoms. The molecule has 1 aromatic rings. The van der Waals surface area contributed by atoms with Gasteiger partial charge in [0.15, 0.2) is 11.6 Å². The lowest BCUT2D eigenvalue weighted by Crippen LogP contribution is -2.41. The van der Waals surface area contributed by atoms with E-state index in [1.165, 1.54) is 12.1 Å². The van der Waals surface area contributed by atoms with Gasteiger partial charge in [0.05, 0.1) is 11.2 Å². The maximum Gasteiger partial charge on any atom is 0.492 e. The van der Waals surface area contributed by atoms with Crippen LogP contribution in [0.2, 0.25) is 0 Å². The van der Waals surface area contributed by atoms with Gasteiger partial charge in [0, 0.05) is 17.8 Å². The number of amides is 1. The molecule has 0 atom stereocenters. The zero-order valence-electron chi connectivity index (χ0n) is 18.0. The summed E-state index contributed by atoms with van der Waals surface area (Å²) in [5.41, 5.74) is 4.12. The molecule has 1 aliphatic heterocycles. The van der Waals surface area contributed by atoms with Gasteiger partial charge in [-0.2, -0.15) is 0 Å². The number of anilines is 1. The van der Waals surface area contributed by atoms with Crippen LogP contribution in [0.1, 0.15) is 54.0 Å². The Morgan fingerprint density at radius 2 is 1.76 bits per heavy atom. The van der Waals surface area contributed by atoms with Crippen molar-refractivity contribution in [1.82, 2.24) is 5.32 Å². The Bertz CT molecular complexity index is 803. The van der Waals surface area contributed by atoms with Crippen molar-refractivity contribution in [1.29, 1.82) is 0 Å². The quantitative estimate of drug-likeness (QED) is 0.577. The third-order valence-electron chi connectivity index (χ3n) is 4.89. The molecule has 0 unspecified atom stereocenters. The molecule has 29 heavy (non-hydrogen) atoms. The number of halogens is 2. The molecular weight excluding hydrogens is 381 g/mol. The normalized spacial score (nSPS) is 18.7. The standard InChI is InChI=1S/C20H29BF2N2O4/c1-18(2,3)27-17(26)25-11-12(21-28-19(4,5)20(6,7)29-21)10-13-15(24)9-8-14(22)16(13)23/h8-10H,11,24H2,1-7H3,(H,25,26). The molecule has 1 fully saturated rings. The fourth-order valence-electron chi connectivity index (χ4n) is 2.60. The Morgan fingerprint density at radius 1 is 1.21 bits per heavy atom. The lowest BCUT2D eigenvalue weighted by Gasteiger charge is -2.32. The van der Waals surface area contributed by atoms with Crippen molar-refractivity contribution < 1.29 is 27.6 Å². The Morgan fingerprint density at radius 3 is 2.28 bits per heavy atom. The number of alkyl carbamates (subject to hydrolysis) is 1. The van der Waals surface area contributed by atoms with Gasteiger partial charge in [0.1, 0.15) is 5.60 Å². The minimum atomic E-state index is -1.09. The Labute approximate surface area is 170 Å². The molecule has 0 aromatic heterocycles. The highest BCUT2D eigenvalue weighted by Gasteiger charge is 2.52. The molecule has 160 valence electrons. The van der Waals surface area contributed by atoms with Gasteiger partial charge in [-0.25, -0.2) is 13.6 Å². The Hall–Kier alpha value is -2.13. The summed E-state index contributed by atoms with van der Waals surface area (Å²) in [5, 5.41) is 2.60. The number of hydrogen-bond donors (Lipinski definition) is 2. The SMILES string of the molecule is CC(C)(C)OC(=O)NCC(=Cc1c(N)ccc(F)c1F)B1OC(C)(C)C(C)(C)O1. The molecule has 1 amide bonds. The second-order valence-electron chi connectivity index (χ2n) is 9.03. The van der Waals surface area contributed by atoms with E-state index in [1.807, 2.05) is 27.7 Å². The summed E-state index contributed by atoms with van der Waals surface area (Å²) in [6.45, 7) is 12.6. The highest BCUT2D eigenvalue weighted by molar-refractivity contribution is 6.56. The number of carbonyl (C=O) groups excluding carboxylic acids is 1. The largest absolute Gasteiger partial charge is 0.492 e. The molecule has 1 heterocycles. The molecule has 0 spiro atoms. The summed E-state index contributed by atoms with van der Waals surface area (Å²) >= 11 is 0. The van der Waals surface area contributed by atoms with Gasteiger partial charge in [-0.1, -0.05) is 6.08 Å². The number of hydrogen-bond acceptors (Lipinski definition) is 5. The molecule has 3 N–H and O–H groups in total. The number of nitrogen functional groups attached to an aromatic ring is 1. The van der Waals surface area contributed by atoms with Crippen LogP contribution in [0.25, 0.3) is 6.08 Å². The summed E-state index contributed by atoms with van der Waals surface area (Å²) in [7, 11) is -0.892. The molecule has 0 saturated carbocycles. The highest BCUT2D eigenvalue weighted by atomic mass is 19.2. The Kier molecular flexibility index (Phi) is 6.35. The van der Waals surface area contributed by atoms with Crippen LogP contribution in [0.5, 0.6) is 0 Å². The van der Waals surface area contributed by atoms with Crippen LogP contribution in [-0.4, -0.2) is 36.6 Å². The maximum atomic E-state index is 14.3. The van der Waals surface area contributed by atoms with E-state index in [0.29, 0.717) is 5.47 Å². The number of benzene rings is 1. The number of ether oxygens (including phenoxy) is 1. The smallest absolute Gasteiger partial charge is 0.444 e. The molecule has 0 aliphatic carbocycles. The zero-order chi connectivity index (χ0) is 22.2. The van der Waals surface area contributed by atoms with Crippen LogP contribution in [0.3, 0.4) is 0 Å². The number of carbonyl (C=O) groups is 1. The van der Waals surface area contributed by atoms with Crippen LogP contribution < -0.4 is 11.1 Å². The van der Waals surface area contributed by atoms with Crippen molar-refractivity contribution in [3.63, 3.8) is 0 Å². The lowest BCUT2D eigenvalue weighted by molar-refractivity contribution is 0.00578. The molecule has 2 rings (SSSR count).